The van der Waals surface area contributed by atoms with E-state index in [0.717, 1.165) is 25.3 Å². The summed E-state index contributed by atoms with van der Waals surface area (Å²) in [7, 11) is 0. The summed E-state index contributed by atoms with van der Waals surface area (Å²) >= 11 is 0. The summed E-state index contributed by atoms with van der Waals surface area (Å²) in [5.74, 6) is 2.58. The molecule has 17 heavy (non-hydrogen) atoms. The van der Waals surface area contributed by atoms with Gasteiger partial charge < -0.3 is 5.32 Å². The minimum Gasteiger partial charge on any atom is -0.356 e. The maximum absolute atomic E-state index is 12.5. The molecule has 3 unspecified atom stereocenters. The van der Waals surface area contributed by atoms with Crippen molar-refractivity contribution in [2.45, 2.75) is 59.3 Å². The highest BCUT2D eigenvalue weighted by Gasteiger charge is 2.54. The molecule has 0 radical (unpaired) electrons. The lowest BCUT2D eigenvalue weighted by molar-refractivity contribution is -0.134. The van der Waals surface area contributed by atoms with Gasteiger partial charge in [0.1, 0.15) is 0 Å². The molecule has 2 aliphatic rings. The number of carbonyl (C=O) groups excluding carboxylic acids is 1. The maximum Gasteiger partial charge on any atom is 0.226 e. The predicted octanol–water partition coefficient (Wildman–Crippen LogP) is 3.37. The highest BCUT2D eigenvalue weighted by molar-refractivity contribution is 5.83. The highest BCUT2D eigenvalue weighted by Crippen LogP contribution is 2.58. The minimum atomic E-state index is 0.00317. The normalized spacial score (nSPS) is 35.5. The summed E-state index contributed by atoms with van der Waals surface area (Å²) < 4.78 is 0. The Labute approximate surface area is 106 Å². The fourth-order valence-electron chi connectivity index (χ4n) is 4.02. The topological polar surface area (TPSA) is 29.1 Å². The smallest absolute Gasteiger partial charge is 0.226 e. The van der Waals surface area contributed by atoms with Gasteiger partial charge in [0, 0.05) is 6.54 Å². The molecular formula is C15H27NO. The van der Waals surface area contributed by atoms with E-state index in [1.807, 2.05) is 6.92 Å². The molecule has 3 atom stereocenters. The van der Waals surface area contributed by atoms with Gasteiger partial charge in [-0.25, -0.2) is 0 Å². The zero-order valence-electron chi connectivity index (χ0n) is 11.6. The Morgan fingerprint density at radius 3 is 2.65 bits per heavy atom. The molecule has 2 saturated carbocycles. The van der Waals surface area contributed by atoms with Gasteiger partial charge in [-0.1, -0.05) is 20.3 Å². The lowest BCUT2D eigenvalue weighted by Crippen LogP contribution is -2.44. The Hall–Kier alpha value is -0.530. The molecule has 2 aliphatic carbocycles. The third-order valence-electron chi connectivity index (χ3n) is 4.93. The molecule has 2 rings (SSSR count). The van der Waals surface area contributed by atoms with Crippen LogP contribution in [0.2, 0.25) is 0 Å². The average molecular weight is 237 g/mol. The third kappa shape index (κ3) is 2.36. The molecule has 2 bridgehead atoms. The van der Waals surface area contributed by atoms with Gasteiger partial charge in [-0.2, -0.15) is 0 Å². The molecule has 0 aliphatic heterocycles. The quantitative estimate of drug-likeness (QED) is 0.780. The molecule has 0 aromatic rings. The van der Waals surface area contributed by atoms with Crippen LogP contribution in [0.5, 0.6) is 0 Å². The number of nitrogens with one attached hydrogen (secondary N) is 1. The van der Waals surface area contributed by atoms with Crippen LogP contribution in [-0.2, 0) is 4.79 Å². The summed E-state index contributed by atoms with van der Waals surface area (Å²) in [5.41, 5.74) is 0.00317. The molecule has 1 amide bonds. The summed E-state index contributed by atoms with van der Waals surface area (Å²) in [6, 6.07) is 0. The van der Waals surface area contributed by atoms with Crippen molar-refractivity contribution < 1.29 is 4.79 Å². The molecule has 2 fully saturated rings. The second kappa shape index (κ2) is 4.99. The van der Waals surface area contributed by atoms with Crippen LogP contribution < -0.4 is 5.32 Å². The van der Waals surface area contributed by atoms with Crippen molar-refractivity contribution in [3.63, 3.8) is 0 Å². The van der Waals surface area contributed by atoms with Gasteiger partial charge in [0.15, 0.2) is 0 Å². The number of rotatable bonds is 5. The molecule has 0 saturated heterocycles. The predicted molar refractivity (Wildman–Crippen MR) is 70.6 cm³/mol. The molecule has 0 heterocycles. The van der Waals surface area contributed by atoms with E-state index in [-0.39, 0.29) is 5.41 Å². The van der Waals surface area contributed by atoms with Crippen LogP contribution in [0.1, 0.15) is 59.3 Å². The average Bonchev–Trinajstić information content (AvgIpc) is 2.87. The highest BCUT2D eigenvalue weighted by atomic mass is 16.2. The van der Waals surface area contributed by atoms with Gasteiger partial charge in [-0.15, -0.1) is 0 Å². The van der Waals surface area contributed by atoms with E-state index in [1.165, 1.54) is 25.7 Å². The molecule has 0 aromatic heterocycles. The van der Waals surface area contributed by atoms with Gasteiger partial charge in [-0.05, 0) is 56.8 Å². The van der Waals surface area contributed by atoms with E-state index in [1.54, 1.807) is 0 Å². The Bertz CT molecular complexity index is 287. The molecule has 1 N–H and O–H groups in total. The Morgan fingerprint density at radius 1 is 1.41 bits per heavy atom. The van der Waals surface area contributed by atoms with Crippen molar-refractivity contribution in [2.24, 2.45) is 23.2 Å². The molecule has 0 spiro atoms. The third-order valence-corrected chi connectivity index (χ3v) is 4.93. The number of hydrogen-bond acceptors (Lipinski definition) is 1. The summed E-state index contributed by atoms with van der Waals surface area (Å²) in [4.78, 5) is 12.5. The van der Waals surface area contributed by atoms with Gasteiger partial charge in [-0.3, -0.25) is 4.79 Å². The van der Waals surface area contributed by atoms with Gasteiger partial charge in [0.2, 0.25) is 5.91 Å². The van der Waals surface area contributed by atoms with Gasteiger partial charge in [0.05, 0.1) is 5.41 Å². The van der Waals surface area contributed by atoms with Crippen molar-refractivity contribution in [3.05, 3.63) is 0 Å². The summed E-state index contributed by atoms with van der Waals surface area (Å²) in [6.45, 7) is 7.33. The Morgan fingerprint density at radius 2 is 2.18 bits per heavy atom. The van der Waals surface area contributed by atoms with Crippen LogP contribution >= 0.6 is 0 Å². The van der Waals surface area contributed by atoms with Crippen LogP contribution in [0.4, 0.5) is 0 Å². The lowest BCUT2D eigenvalue weighted by Gasteiger charge is -2.37. The second-order valence-electron chi connectivity index (χ2n) is 6.53. The van der Waals surface area contributed by atoms with Crippen molar-refractivity contribution in [1.29, 1.82) is 0 Å². The first-order valence-corrected chi connectivity index (χ1v) is 7.36. The number of hydrogen-bond donors (Lipinski definition) is 1. The Balaban J connectivity index is 2.09. The van der Waals surface area contributed by atoms with Crippen LogP contribution in [0.3, 0.4) is 0 Å². The minimum absolute atomic E-state index is 0.00317. The molecule has 98 valence electrons. The summed E-state index contributed by atoms with van der Waals surface area (Å²) in [6.07, 6.45) is 7.44. The summed E-state index contributed by atoms with van der Waals surface area (Å²) in [5, 5.41) is 3.10. The zero-order chi connectivity index (χ0) is 12.5. The van der Waals surface area contributed by atoms with Crippen LogP contribution in [-0.4, -0.2) is 12.5 Å². The standard InChI is InChI=1S/C15H27NO/c1-4-16-14(17)15(8-7-11(2)3)10-12-5-6-13(15)9-12/h11-13H,4-10H2,1-3H3,(H,16,17). The fourth-order valence-corrected chi connectivity index (χ4v) is 4.02. The van der Waals surface area contributed by atoms with Gasteiger partial charge in [0.25, 0.3) is 0 Å². The van der Waals surface area contributed by atoms with Crippen molar-refractivity contribution in [1.82, 2.24) is 5.32 Å². The van der Waals surface area contributed by atoms with Crippen molar-refractivity contribution >= 4 is 5.91 Å². The van der Waals surface area contributed by atoms with E-state index < -0.39 is 0 Å². The monoisotopic (exact) mass is 237 g/mol. The van der Waals surface area contributed by atoms with E-state index in [2.05, 4.69) is 19.2 Å². The lowest BCUT2D eigenvalue weighted by atomic mass is 9.68. The fraction of sp³-hybridized carbons (Fsp3) is 0.933. The first kappa shape index (κ1) is 12.9. The van der Waals surface area contributed by atoms with Crippen LogP contribution in [0.25, 0.3) is 0 Å². The van der Waals surface area contributed by atoms with Gasteiger partial charge >= 0.3 is 0 Å². The number of fused-ring (bicyclic) bond motifs is 2. The zero-order valence-corrected chi connectivity index (χ0v) is 11.6. The first-order valence-electron chi connectivity index (χ1n) is 7.36. The molecule has 0 aromatic carbocycles. The van der Waals surface area contributed by atoms with E-state index in [9.17, 15) is 4.79 Å². The molecule has 2 heteroatoms. The SMILES string of the molecule is CCNC(=O)C1(CCC(C)C)CC2CCC1C2. The second-order valence-corrected chi connectivity index (χ2v) is 6.53. The maximum atomic E-state index is 12.5. The van der Waals surface area contributed by atoms with E-state index in [0.29, 0.717) is 17.7 Å². The first-order chi connectivity index (χ1) is 8.08. The van der Waals surface area contributed by atoms with Crippen molar-refractivity contribution in [3.8, 4) is 0 Å². The number of amides is 1. The Kier molecular flexibility index (Phi) is 3.79. The van der Waals surface area contributed by atoms with Crippen LogP contribution in [0, 0.1) is 23.2 Å². The van der Waals surface area contributed by atoms with Crippen molar-refractivity contribution in [2.75, 3.05) is 6.54 Å². The van der Waals surface area contributed by atoms with Crippen LogP contribution in [0.15, 0.2) is 0 Å². The molecule has 2 nitrogen and oxygen atoms in total. The number of carbonyl (C=O) groups is 1. The molecular weight excluding hydrogens is 210 g/mol. The largest absolute Gasteiger partial charge is 0.356 e. The van der Waals surface area contributed by atoms with E-state index >= 15 is 0 Å². The van der Waals surface area contributed by atoms with E-state index in [4.69, 9.17) is 0 Å².